The Hall–Kier alpha value is -3.97. The molecule has 7 rings (SSSR count). The molecule has 1 aromatic heterocycles. The number of benzene rings is 2. The first-order chi connectivity index (χ1) is 22.4. The minimum absolute atomic E-state index is 0.309. The molecule has 4 saturated heterocycles. The summed E-state index contributed by atoms with van der Waals surface area (Å²) in [6.45, 7) is 7.62. The fourth-order valence-electron chi connectivity index (χ4n) is 7.12. The number of anilines is 5. The van der Waals surface area contributed by atoms with Gasteiger partial charge in [0.15, 0.2) is 5.82 Å². The Bertz CT molecular complexity index is 1620. The van der Waals surface area contributed by atoms with Gasteiger partial charge in [0.2, 0.25) is 5.91 Å². The molecule has 0 spiro atoms. The van der Waals surface area contributed by atoms with E-state index in [2.05, 4.69) is 37.0 Å². The van der Waals surface area contributed by atoms with Crippen LogP contribution in [0.3, 0.4) is 0 Å². The van der Waals surface area contributed by atoms with Crippen LogP contribution in [0.25, 0.3) is 0 Å². The first kappa shape index (κ1) is 30.7. The average Bonchev–Trinajstić information content (AvgIpc) is 3.84. The van der Waals surface area contributed by atoms with E-state index in [9.17, 15) is 9.18 Å². The minimum atomic E-state index is -0.402. The number of nitrogens with zero attached hydrogens (tertiary/aromatic N) is 5. The maximum absolute atomic E-state index is 14.8. The highest BCUT2D eigenvalue weighted by molar-refractivity contribution is 6.30. The number of likely N-dealkylation sites (tertiary alicyclic amines) is 1. The van der Waals surface area contributed by atoms with Gasteiger partial charge in [-0.2, -0.15) is 0 Å². The number of carbonyl (C=O) groups excluding carboxylic acids is 1. The van der Waals surface area contributed by atoms with Crippen molar-refractivity contribution in [1.82, 2.24) is 14.9 Å². The molecule has 0 unspecified atom stereocenters. The van der Waals surface area contributed by atoms with Gasteiger partial charge in [0.1, 0.15) is 23.7 Å². The molecular weight excluding hydrogens is 613 g/mol. The number of amides is 1. The first-order valence-electron chi connectivity index (χ1n) is 15.6. The number of aromatic nitrogens is 2. The Labute approximate surface area is 272 Å². The van der Waals surface area contributed by atoms with E-state index in [1.54, 1.807) is 30.4 Å². The number of hydrogen-bond donors (Lipinski definition) is 2. The lowest BCUT2D eigenvalue weighted by Gasteiger charge is -2.41. The molecule has 4 aliphatic heterocycles. The zero-order valence-electron chi connectivity index (χ0n) is 25.6. The van der Waals surface area contributed by atoms with Crippen LogP contribution in [0.2, 0.25) is 5.02 Å². The van der Waals surface area contributed by atoms with Crippen molar-refractivity contribution in [2.24, 2.45) is 0 Å². The predicted octanol–water partition coefficient (Wildman–Crippen LogP) is 5.47. The van der Waals surface area contributed by atoms with Crippen LogP contribution >= 0.6 is 11.6 Å². The summed E-state index contributed by atoms with van der Waals surface area (Å²) in [6, 6.07) is 10.8. The van der Waals surface area contributed by atoms with Crippen molar-refractivity contribution in [3.63, 3.8) is 0 Å². The summed E-state index contributed by atoms with van der Waals surface area (Å²) in [5.41, 5.74) is 2.58. The van der Waals surface area contributed by atoms with E-state index in [4.69, 9.17) is 25.9 Å². The molecule has 5 heterocycles. The maximum atomic E-state index is 14.8. The van der Waals surface area contributed by atoms with Gasteiger partial charge in [-0.25, -0.2) is 19.4 Å². The molecule has 46 heavy (non-hydrogen) atoms. The summed E-state index contributed by atoms with van der Waals surface area (Å²) in [5.74, 6) is 0.803. The van der Waals surface area contributed by atoms with E-state index in [1.807, 2.05) is 12.1 Å². The summed E-state index contributed by atoms with van der Waals surface area (Å²) in [7, 11) is 1.61. The summed E-state index contributed by atoms with van der Waals surface area (Å²) < 4.78 is 26.5. The van der Waals surface area contributed by atoms with E-state index in [-0.39, 0.29) is 11.9 Å². The van der Waals surface area contributed by atoms with Gasteiger partial charge in [-0.15, -0.1) is 0 Å². The Morgan fingerprint density at radius 2 is 1.98 bits per heavy atom. The highest BCUT2D eigenvalue weighted by atomic mass is 35.5. The van der Waals surface area contributed by atoms with Crippen LogP contribution in [-0.4, -0.2) is 78.9 Å². The monoisotopic (exact) mass is 649 g/mol. The smallest absolute Gasteiger partial charge is 0.247 e. The molecule has 0 saturated carbocycles. The zero-order valence-corrected chi connectivity index (χ0v) is 26.4. The molecule has 242 valence electrons. The molecule has 11 nitrogen and oxygen atoms in total. The van der Waals surface area contributed by atoms with Gasteiger partial charge in [0.25, 0.3) is 0 Å². The van der Waals surface area contributed by atoms with Crippen LogP contribution in [0.1, 0.15) is 37.3 Å². The average molecular weight is 650 g/mol. The summed E-state index contributed by atoms with van der Waals surface area (Å²) >= 11 is 5.98. The second-order valence-electron chi connectivity index (χ2n) is 12.0. The molecule has 2 N–H and O–H groups in total. The van der Waals surface area contributed by atoms with Crippen LogP contribution in [0.15, 0.2) is 55.4 Å². The number of nitrogens with one attached hydrogen (secondary N) is 2. The van der Waals surface area contributed by atoms with Gasteiger partial charge in [0, 0.05) is 60.9 Å². The van der Waals surface area contributed by atoms with Crippen LogP contribution in [-0.2, 0) is 14.4 Å². The molecule has 1 amide bonds. The summed E-state index contributed by atoms with van der Waals surface area (Å²) in [5, 5.41) is 8.23. The summed E-state index contributed by atoms with van der Waals surface area (Å²) in [4.78, 5) is 32.2. The molecule has 3 atom stereocenters. The number of ether oxygens (including phenoxy) is 2. The Balaban J connectivity index is 1.12. The van der Waals surface area contributed by atoms with E-state index in [0.717, 1.165) is 51.2 Å². The van der Waals surface area contributed by atoms with E-state index in [0.29, 0.717) is 70.6 Å². The largest absolute Gasteiger partial charge is 0.494 e. The number of piperidine rings is 1. The number of hydroxylamine groups is 1. The molecule has 0 aliphatic carbocycles. The van der Waals surface area contributed by atoms with E-state index < -0.39 is 5.82 Å². The minimum Gasteiger partial charge on any atom is -0.494 e. The SMILES string of the molecule is C=CC(=O)Nc1cc(Nc2cc(N3OCC[C@@H]3c3ccc(Cl)cc3F)ncn2)c(OC)cc1N1CCC(N2C[C@@H]3C[C@H]2CO3)CC1. The predicted molar refractivity (Wildman–Crippen MR) is 174 cm³/mol. The zero-order chi connectivity index (χ0) is 31.8. The second kappa shape index (κ2) is 13.0. The molecule has 0 radical (unpaired) electrons. The van der Waals surface area contributed by atoms with Crippen LogP contribution < -0.4 is 25.3 Å². The molecule has 4 aliphatic rings. The Morgan fingerprint density at radius 3 is 2.70 bits per heavy atom. The molecular formula is C33H37ClFN7O4. The van der Waals surface area contributed by atoms with Crippen LogP contribution in [0.4, 0.5) is 33.1 Å². The number of methoxy groups -OCH3 is 1. The third kappa shape index (κ3) is 6.09. The number of carbonyl (C=O) groups is 1. The van der Waals surface area contributed by atoms with Gasteiger partial charge in [0.05, 0.1) is 49.5 Å². The van der Waals surface area contributed by atoms with Gasteiger partial charge >= 0.3 is 0 Å². The van der Waals surface area contributed by atoms with Crippen molar-refractivity contribution in [3.8, 4) is 5.75 Å². The van der Waals surface area contributed by atoms with Gasteiger partial charge in [-0.05, 0) is 43.5 Å². The number of halogens is 2. The molecule has 3 aromatic rings. The lowest BCUT2D eigenvalue weighted by Crippen LogP contribution is -2.49. The number of rotatable bonds is 9. The van der Waals surface area contributed by atoms with Gasteiger partial charge in [-0.3, -0.25) is 14.5 Å². The van der Waals surface area contributed by atoms with E-state index in [1.165, 1.54) is 18.5 Å². The summed E-state index contributed by atoms with van der Waals surface area (Å²) in [6.07, 6.45) is 6.84. The Morgan fingerprint density at radius 1 is 1.13 bits per heavy atom. The Kier molecular flexibility index (Phi) is 8.69. The maximum Gasteiger partial charge on any atom is 0.247 e. The third-order valence-electron chi connectivity index (χ3n) is 9.35. The topological polar surface area (TPSA) is 104 Å². The third-order valence-corrected chi connectivity index (χ3v) is 9.58. The van der Waals surface area contributed by atoms with Gasteiger partial charge in [-0.1, -0.05) is 24.2 Å². The molecule has 2 bridgehead atoms. The van der Waals surface area contributed by atoms with Gasteiger partial charge < -0.3 is 25.0 Å². The van der Waals surface area contributed by atoms with Crippen LogP contribution in [0.5, 0.6) is 5.75 Å². The van der Waals surface area contributed by atoms with Crippen molar-refractivity contribution in [3.05, 3.63) is 71.8 Å². The lowest BCUT2D eigenvalue weighted by atomic mass is 10.0. The standard InChI is InChI=1S/C33H37ClFN7O4/c1-3-33(43)39-26-14-27(30(44-2)15-29(26)40-9-6-21(7-10-40)41-17-23-13-22(41)18-45-23)38-31-16-32(37-19-36-31)42-28(8-11-46-42)24-5-4-20(34)12-25(24)35/h3-5,12,14-16,19,21-23,28H,1,6-11,13,17-18H2,2H3,(H,39,43)(H,36,37,38)/t22-,23-,28+/m0/s1. The number of morpholine rings is 1. The normalized spacial score (nSPS) is 23.2. The highest BCUT2D eigenvalue weighted by Gasteiger charge is 2.43. The number of fused-ring (bicyclic) bond motifs is 2. The molecule has 4 fully saturated rings. The van der Waals surface area contributed by atoms with Crippen molar-refractivity contribution in [1.29, 1.82) is 0 Å². The lowest BCUT2D eigenvalue weighted by molar-refractivity contribution is -0.111. The van der Waals surface area contributed by atoms with Crippen molar-refractivity contribution < 1.29 is 23.5 Å². The quantitative estimate of drug-likeness (QED) is 0.290. The van der Waals surface area contributed by atoms with Crippen molar-refractivity contribution >= 4 is 46.2 Å². The second-order valence-corrected chi connectivity index (χ2v) is 12.5. The fraction of sp³-hybridized carbons (Fsp3) is 0.424. The van der Waals surface area contributed by atoms with Crippen molar-refractivity contribution in [2.75, 3.05) is 60.6 Å². The highest BCUT2D eigenvalue weighted by Crippen LogP contribution is 2.41. The molecule has 13 heteroatoms. The molecule has 2 aromatic carbocycles. The van der Waals surface area contributed by atoms with E-state index >= 15 is 0 Å². The first-order valence-corrected chi connectivity index (χ1v) is 16.0. The van der Waals surface area contributed by atoms with Crippen LogP contribution in [0, 0.1) is 5.82 Å². The van der Waals surface area contributed by atoms with Crippen molar-refractivity contribution in [2.45, 2.75) is 49.9 Å². The number of hydrogen-bond acceptors (Lipinski definition) is 10. The fourth-order valence-corrected chi connectivity index (χ4v) is 7.28.